The normalized spacial score (nSPS) is 17.6. The highest BCUT2D eigenvalue weighted by molar-refractivity contribution is 7.18. The lowest BCUT2D eigenvalue weighted by Gasteiger charge is -2.11. The number of aromatic nitrogens is 6. The monoisotopic (exact) mass is 462 g/mol. The van der Waals surface area contributed by atoms with Gasteiger partial charge in [-0.15, -0.1) is 11.3 Å². The summed E-state index contributed by atoms with van der Waals surface area (Å²) in [4.78, 5) is 17.3. The predicted molar refractivity (Wildman–Crippen MR) is 122 cm³/mol. The molecular weight excluding hydrogens is 443 g/mol. The maximum absolute atomic E-state index is 14.6. The molecule has 0 spiro atoms. The fraction of sp³-hybridized carbons (Fsp3) is 0.261. The van der Waals surface area contributed by atoms with E-state index >= 15 is 0 Å². The number of imidazole rings is 1. The molecule has 10 heteroatoms. The number of halogens is 1. The number of rotatable bonds is 5. The molecule has 1 fully saturated rings. The Labute approximate surface area is 192 Å². The molecule has 0 saturated heterocycles. The van der Waals surface area contributed by atoms with Gasteiger partial charge in [0.1, 0.15) is 0 Å². The van der Waals surface area contributed by atoms with Gasteiger partial charge in [-0.05, 0) is 48.9 Å². The number of nitrogens with zero attached hydrogens (tertiary/aromatic N) is 6. The second-order valence-electron chi connectivity index (χ2n) is 7.99. The van der Waals surface area contributed by atoms with E-state index in [9.17, 15) is 4.39 Å². The van der Waals surface area contributed by atoms with E-state index < -0.39 is 5.95 Å². The summed E-state index contributed by atoms with van der Waals surface area (Å²) in [5.41, 5.74) is 4.79. The third-order valence-corrected chi connectivity index (χ3v) is 6.91. The minimum atomic E-state index is -0.528. The minimum Gasteiger partial charge on any atom is -0.480 e. The van der Waals surface area contributed by atoms with E-state index in [1.54, 1.807) is 17.5 Å². The van der Waals surface area contributed by atoms with E-state index in [0.29, 0.717) is 28.7 Å². The molecule has 4 aromatic heterocycles. The standard InChI is InChI=1S/C23H19FN6O2S/c1-11-27-17-5-4-12(6-19(17)33-11)13-7-14(13)15-8-18(29-30-20(24)10-25-21(15)30)16-9-26-23(32-3)28-22(16)31-2/h4-6,8-10,13-14H,7H2,1-3H3/t13-,14?/m1/s1. The Morgan fingerprint density at radius 1 is 1.06 bits per heavy atom. The largest absolute Gasteiger partial charge is 0.480 e. The molecule has 6 rings (SSSR count). The first-order valence-electron chi connectivity index (χ1n) is 10.4. The van der Waals surface area contributed by atoms with Crippen LogP contribution >= 0.6 is 11.3 Å². The second kappa shape index (κ2) is 7.45. The molecule has 0 amide bonds. The molecule has 0 radical (unpaired) electrons. The average molecular weight is 463 g/mol. The highest BCUT2D eigenvalue weighted by Crippen LogP contribution is 2.56. The van der Waals surface area contributed by atoms with E-state index in [1.165, 1.54) is 35.2 Å². The SMILES string of the molecule is COc1ncc(-c2cc(C3C[C@@H]3c3ccc4nc(C)sc4c3)c3ncc(F)n3n2)c(OC)n1. The summed E-state index contributed by atoms with van der Waals surface area (Å²) in [6.45, 7) is 2.02. The number of ether oxygens (including phenoxy) is 2. The zero-order chi connectivity index (χ0) is 22.7. The first-order chi connectivity index (χ1) is 16.1. The molecule has 33 heavy (non-hydrogen) atoms. The van der Waals surface area contributed by atoms with Crippen molar-refractivity contribution < 1.29 is 13.9 Å². The van der Waals surface area contributed by atoms with E-state index in [4.69, 9.17) is 9.47 Å². The van der Waals surface area contributed by atoms with Gasteiger partial charge in [0.2, 0.25) is 11.8 Å². The molecule has 0 N–H and O–H groups in total. The average Bonchev–Trinajstić information content (AvgIpc) is 3.41. The van der Waals surface area contributed by atoms with Gasteiger partial charge in [0.15, 0.2) is 5.65 Å². The lowest BCUT2D eigenvalue weighted by molar-refractivity contribution is 0.353. The summed E-state index contributed by atoms with van der Waals surface area (Å²) < 4.78 is 27.5. The molecule has 1 unspecified atom stereocenters. The summed E-state index contributed by atoms with van der Waals surface area (Å²) in [7, 11) is 2.99. The summed E-state index contributed by atoms with van der Waals surface area (Å²) >= 11 is 1.70. The van der Waals surface area contributed by atoms with Crippen LogP contribution in [0, 0.1) is 12.9 Å². The maximum Gasteiger partial charge on any atom is 0.319 e. The van der Waals surface area contributed by atoms with Gasteiger partial charge < -0.3 is 9.47 Å². The second-order valence-corrected chi connectivity index (χ2v) is 9.22. The molecule has 1 aromatic carbocycles. The number of fused-ring (bicyclic) bond motifs is 2. The molecule has 5 aromatic rings. The van der Waals surface area contributed by atoms with Crippen LogP contribution in [0.25, 0.3) is 27.1 Å². The highest BCUT2D eigenvalue weighted by Gasteiger charge is 2.42. The Balaban J connectivity index is 1.44. The van der Waals surface area contributed by atoms with Crippen LogP contribution in [-0.4, -0.2) is 43.8 Å². The highest BCUT2D eigenvalue weighted by atomic mass is 32.1. The fourth-order valence-corrected chi connectivity index (χ4v) is 5.22. The summed E-state index contributed by atoms with van der Waals surface area (Å²) in [5, 5.41) is 5.51. The Kier molecular flexibility index (Phi) is 4.51. The van der Waals surface area contributed by atoms with Crippen LogP contribution in [0.1, 0.15) is 34.4 Å². The molecule has 0 aliphatic heterocycles. The zero-order valence-electron chi connectivity index (χ0n) is 18.1. The quantitative estimate of drug-likeness (QED) is 0.379. The number of methoxy groups -OCH3 is 2. The Morgan fingerprint density at radius 2 is 1.94 bits per heavy atom. The smallest absolute Gasteiger partial charge is 0.319 e. The van der Waals surface area contributed by atoms with Crippen molar-refractivity contribution >= 4 is 27.2 Å². The van der Waals surface area contributed by atoms with Crippen molar-refractivity contribution in [3.8, 4) is 23.1 Å². The van der Waals surface area contributed by atoms with Crippen LogP contribution in [0.3, 0.4) is 0 Å². The first-order valence-corrected chi connectivity index (χ1v) is 11.2. The minimum absolute atomic E-state index is 0.182. The van der Waals surface area contributed by atoms with E-state index in [0.717, 1.165) is 22.5 Å². The van der Waals surface area contributed by atoms with Gasteiger partial charge in [-0.1, -0.05) is 6.07 Å². The van der Waals surface area contributed by atoms with Gasteiger partial charge in [0.25, 0.3) is 0 Å². The van der Waals surface area contributed by atoms with Crippen LogP contribution in [-0.2, 0) is 0 Å². The predicted octanol–water partition coefficient (Wildman–Crippen LogP) is 4.53. The molecule has 2 atom stereocenters. The molecule has 8 nitrogen and oxygen atoms in total. The number of benzene rings is 1. The van der Waals surface area contributed by atoms with Gasteiger partial charge in [0.05, 0.1) is 46.9 Å². The van der Waals surface area contributed by atoms with Crippen molar-refractivity contribution in [2.24, 2.45) is 0 Å². The number of thiazole rings is 1. The topological polar surface area (TPSA) is 87.3 Å². The fourth-order valence-electron chi connectivity index (χ4n) is 4.34. The Morgan fingerprint density at radius 3 is 2.76 bits per heavy atom. The number of hydrogen-bond acceptors (Lipinski definition) is 8. The summed E-state index contributed by atoms with van der Waals surface area (Å²) in [6.07, 6.45) is 3.72. The Hall–Kier alpha value is -3.66. The molecule has 166 valence electrons. The lowest BCUT2D eigenvalue weighted by atomic mass is 10.0. The van der Waals surface area contributed by atoms with Crippen LogP contribution < -0.4 is 9.47 Å². The first kappa shape index (κ1) is 20.0. The van der Waals surface area contributed by atoms with Crippen molar-refractivity contribution in [2.75, 3.05) is 14.2 Å². The van der Waals surface area contributed by atoms with Crippen LogP contribution in [0.4, 0.5) is 4.39 Å². The van der Waals surface area contributed by atoms with E-state index in [-0.39, 0.29) is 11.9 Å². The van der Waals surface area contributed by atoms with Gasteiger partial charge in [-0.25, -0.2) is 15.0 Å². The van der Waals surface area contributed by atoms with Gasteiger partial charge in [0, 0.05) is 11.8 Å². The maximum atomic E-state index is 14.6. The van der Waals surface area contributed by atoms with Crippen molar-refractivity contribution in [2.45, 2.75) is 25.2 Å². The van der Waals surface area contributed by atoms with Gasteiger partial charge >= 0.3 is 6.01 Å². The summed E-state index contributed by atoms with van der Waals surface area (Å²) in [5.74, 6) is 0.302. The zero-order valence-corrected chi connectivity index (χ0v) is 18.9. The van der Waals surface area contributed by atoms with Crippen molar-refractivity contribution in [3.63, 3.8) is 0 Å². The third-order valence-electron chi connectivity index (χ3n) is 5.98. The van der Waals surface area contributed by atoms with E-state index in [1.807, 2.05) is 13.0 Å². The molecule has 1 saturated carbocycles. The molecule has 1 aliphatic rings. The van der Waals surface area contributed by atoms with Crippen LogP contribution in [0.2, 0.25) is 0 Å². The van der Waals surface area contributed by atoms with Crippen LogP contribution in [0.15, 0.2) is 36.7 Å². The van der Waals surface area contributed by atoms with Crippen molar-refractivity contribution in [1.82, 2.24) is 29.5 Å². The third kappa shape index (κ3) is 3.29. The molecule has 0 bridgehead atoms. The van der Waals surface area contributed by atoms with Crippen LogP contribution in [0.5, 0.6) is 11.9 Å². The van der Waals surface area contributed by atoms with Gasteiger partial charge in [-0.2, -0.15) is 19.0 Å². The van der Waals surface area contributed by atoms with Crippen molar-refractivity contribution in [1.29, 1.82) is 0 Å². The molecule has 4 heterocycles. The van der Waals surface area contributed by atoms with E-state index in [2.05, 4.69) is 43.2 Å². The molecule has 1 aliphatic carbocycles. The lowest BCUT2D eigenvalue weighted by Crippen LogP contribution is -2.04. The molecular formula is C23H19FN6O2S. The summed E-state index contributed by atoms with van der Waals surface area (Å²) in [6, 6.07) is 8.55. The van der Waals surface area contributed by atoms with Crippen molar-refractivity contribution in [3.05, 3.63) is 58.7 Å². The Bertz CT molecular complexity index is 1530. The van der Waals surface area contributed by atoms with Gasteiger partial charge in [-0.3, -0.25) is 0 Å². The number of hydrogen-bond donors (Lipinski definition) is 0. The number of aryl methyl sites for hydroxylation is 1.